The van der Waals surface area contributed by atoms with Gasteiger partial charge in [0.05, 0.1) is 18.9 Å². The number of unbranched alkanes of at least 4 members (excludes halogenated alkanes) is 15. The lowest BCUT2D eigenvalue weighted by atomic mass is 9.92. The average molecular weight is 1090 g/mol. The summed E-state index contributed by atoms with van der Waals surface area (Å²) in [6.07, 6.45) is 38.5. The number of alkyl carbamates (subject to hydrolysis) is 1. The van der Waals surface area contributed by atoms with Crippen LogP contribution in [0, 0.1) is 11.8 Å². The molecule has 0 bridgehead atoms. The average Bonchev–Trinajstić information content (AvgIpc) is 3.95. The summed E-state index contributed by atoms with van der Waals surface area (Å²) in [5.41, 5.74) is 0. The summed E-state index contributed by atoms with van der Waals surface area (Å²) >= 11 is 0. The Morgan fingerprint density at radius 1 is 0.455 bits per heavy atom. The first-order chi connectivity index (χ1) is 37.6. The highest BCUT2D eigenvalue weighted by molar-refractivity contribution is 5.71. The van der Waals surface area contributed by atoms with E-state index in [4.69, 9.17) is 33.2 Å². The lowest BCUT2D eigenvalue weighted by molar-refractivity contribution is -0.162. The fraction of sp³-hybridized carbons (Fsp3) is 0.857. The van der Waals surface area contributed by atoms with Gasteiger partial charge in [0.15, 0.2) is 6.29 Å². The van der Waals surface area contributed by atoms with E-state index in [1.807, 2.05) is 0 Å². The highest BCUT2D eigenvalue weighted by Crippen LogP contribution is 2.22. The summed E-state index contributed by atoms with van der Waals surface area (Å²) in [7, 11) is 0. The second-order valence-corrected chi connectivity index (χ2v) is 21.4. The van der Waals surface area contributed by atoms with Gasteiger partial charge in [0.25, 0.3) is 0 Å². The predicted octanol–water partition coefficient (Wildman–Crippen LogP) is 15.0. The third-order valence-corrected chi connectivity index (χ3v) is 14.2. The Balaban J connectivity index is 2.81. The fourth-order valence-corrected chi connectivity index (χ4v) is 9.31. The molecule has 1 N–H and O–H groups in total. The number of ether oxygens (including phenoxy) is 7. The second-order valence-electron chi connectivity index (χ2n) is 21.4. The number of nitrogens with zero attached hydrogens (tertiary/aromatic N) is 1. The molecule has 1 amide bonds. The van der Waals surface area contributed by atoms with Crippen molar-refractivity contribution < 1.29 is 57.1 Å². The molecule has 0 radical (unpaired) electrons. The van der Waals surface area contributed by atoms with Crippen molar-refractivity contribution in [3.05, 3.63) is 24.3 Å². The Morgan fingerprint density at radius 2 is 0.935 bits per heavy atom. The molecule has 0 aromatic carbocycles. The molecular weight excluding hydrogens is 977 g/mol. The molecule has 1 heterocycles. The van der Waals surface area contributed by atoms with E-state index in [0.29, 0.717) is 77.2 Å². The van der Waals surface area contributed by atoms with E-state index in [1.165, 1.54) is 77.0 Å². The van der Waals surface area contributed by atoms with Gasteiger partial charge in [0.1, 0.15) is 25.9 Å². The highest BCUT2D eigenvalue weighted by atomic mass is 16.7. The van der Waals surface area contributed by atoms with Gasteiger partial charge in [-0.25, -0.2) is 4.79 Å². The standard InChI is InChI=1S/C63H114N2O12/c1-6-11-16-21-23-33-49-72-62(73-50-34-24-22-17-12-7-2)43-42-61(69)76-54-56(53-75-60(68)41-40-57(37-28-20-15-10-5)77-63(70)64-45-48-65-46-31-32-47-65)52-74-59(67)39-30-25-29-38-58(66)71-51-44-55(35-26-18-13-8-3)36-27-19-14-9-4/h11-12,16-17,55-57,62H,6-10,13-15,18-54H2,1-5H3,(H,64,70)/b16-11-,17-12-. The largest absolute Gasteiger partial charge is 0.466 e. The number of rotatable bonds is 54. The van der Waals surface area contributed by atoms with Crippen molar-refractivity contribution in [3.8, 4) is 0 Å². The number of carbonyl (C=O) groups is 5. The van der Waals surface area contributed by atoms with E-state index in [0.717, 1.165) is 103 Å². The van der Waals surface area contributed by atoms with Gasteiger partial charge in [-0.05, 0) is 122 Å². The maximum atomic E-state index is 13.2. The van der Waals surface area contributed by atoms with Gasteiger partial charge < -0.3 is 43.4 Å². The van der Waals surface area contributed by atoms with Crippen LogP contribution in [0.3, 0.4) is 0 Å². The van der Waals surface area contributed by atoms with Crippen LogP contribution in [-0.2, 0) is 52.3 Å². The van der Waals surface area contributed by atoms with Crippen LogP contribution < -0.4 is 5.32 Å². The van der Waals surface area contributed by atoms with Crippen LogP contribution in [0.5, 0.6) is 0 Å². The maximum Gasteiger partial charge on any atom is 0.407 e. The van der Waals surface area contributed by atoms with Gasteiger partial charge in [0, 0.05) is 52.0 Å². The van der Waals surface area contributed by atoms with Gasteiger partial charge in [-0.3, -0.25) is 19.2 Å². The lowest BCUT2D eigenvalue weighted by Gasteiger charge is -2.20. The Kier molecular flexibility index (Phi) is 49.4. The number of hydrogen-bond acceptors (Lipinski definition) is 13. The van der Waals surface area contributed by atoms with Crippen molar-refractivity contribution in [3.63, 3.8) is 0 Å². The molecule has 448 valence electrons. The van der Waals surface area contributed by atoms with E-state index < -0.39 is 42.3 Å². The van der Waals surface area contributed by atoms with Crippen molar-refractivity contribution in [2.75, 3.05) is 65.8 Å². The molecule has 0 aliphatic carbocycles. The molecule has 1 rings (SSSR count). The summed E-state index contributed by atoms with van der Waals surface area (Å²) in [6.45, 7) is 15.4. The zero-order chi connectivity index (χ0) is 56.1. The first-order valence-corrected chi connectivity index (χ1v) is 31.5. The van der Waals surface area contributed by atoms with Crippen molar-refractivity contribution in [1.82, 2.24) is 10.2 Å². The minimum Gasteiger partial charge on any atom is -0.466 e. The number of esters is 4. The molecule has 1 saturated heterocycles. The van der Waals surface area contributed by atoms with Gasteiger partial charge in [-0.1, -0.05) is 149 Å². The molecule has 1 aliphatic rings. The van der Waals surface area contributed by atoms with Crippen LogP contribution >= 0.6 is 0 Å². The van der Waals surface area contributed by atoms with E-state index >= 15 is 0 Å². The second kappa shape index (κ2) is 53.2. The van der Waals surface area contributed by atoms with Crippen molar-refractivity contribution in [2.24, 2.45) is 11.8 Å². The van der Waals surface area contributed by atoms with E-state index in [1.54, 1.807) is 0 Å². The molecule has 77 heavy (non-hydrogen) atoms. The summed E-state index contributed by atoms with van der Waals surface area (Å²) < 4.78 is 40.8. The van der Waals surface area contributed by atoms with Gasteiger partial charge in [0.2, 0.25) is 0 Å². The van der Waals surface area contributed by atoms with Crippen LogP contribution in [0.4, 0.5) is 4.79 Å². The first-order valence-electron chi connectivity index (χ1n) is 31.5. The smallest absolute Gasteiger partial charge is 0.407 e. The Labute approximate surface area is 469 Å². The molecule has 0 spiro atoms. The molecule has 2 unspecified atom stereocenters. The molecule has 0 saturated carbocycles. The number of hydrogen-bond donors (Lipinski definition) is 1. The van der Waals surface area contributed by atoms with Gasteiger partial charge in [-0.15, -0.1) is 0 Å². The Hall–Kier alpha value is -3.49. The molecule has 14 heteroatoms. The van der Waals surface area contributed by atoms with E-state index in [9.17, 15) is 24.0 Å². The van der Waals surface area contributed by atoms with E-state index in [-0.39, 0.29) is 45.1 Å². The van der Waals surface area contributed by atoms with Crippen LogP contribution in [0.25, 0.3) is 0 Å². The lowest BCUT2D eigenvalue weighted by Crippen LogP contribution is -2.35. The molecule has 1 aliphatic heterocycles. The zero-order valence-corrected chi connectivity index (χ0v) is 49.8. The monoisotopic (exact) mass is 1090 g/mol. The third-order valence-electron chi connectivity index (χ3n) is 14.2. The van der Waals surface area contributed by atoms with Crippen LogP contribution in [-0.4, -0.2) is 113 Å². The van der Waals surface area contributed by atoms with Crippen LogP contribution in [0.1, 0.15) is 259 Å². The topological polar surface area (TPSA) is 165 Å². The summed E-state index contributed by atoms with van der Waals surface area (Å²) in [4.78, 5) is 67.1. The quantitative estimate of drug-likeness (QED) is 0.0201. The molecular formula is C63H114N2O12. The minimum absolute atomic E-state index is 0.0321. The van der Waals surface area contributed by atoms with Crippen molar-refractivity contribution in [2.45, 2.75) is 272 Å². The molecule has 0 aromatic heterocycles. The van der Waals surface area contributed by atoms with Crippen molar-refractivity contribution in [1.29, 1.82) is 0 Å². The number of nitrogens with one attached hydrogen (secondary N) is 1. The Morgan fingerprint density at radius 3 is 1.45 bits per heavy atom. The van der Waals surface area contributed by atoms with Crippen molar-refractivity contribution >= 4 is 30.0 Å². The SMILES string of the molecule is CC/C=C\CCCCOC(CCC(=O)OCC(COC(=O)CCCCCC(=O)OCCC(CCCCCC)CCCCCC)COC(=O)CCC(CCCCCC)OC(=O)NCCN1CCCC1)OCCCC/C=C\CC. The molecule has 1 fully saturated rings. The predicted molar refractivity (Wildman–Crippen MR) is 309 cm³/mol. The zero-order valence-electron chi connectivity index (χ0n) is 49.8. The third kappa shape index (κ3) is 46.0. The summed E-state index contributed by atoms with van der Waals surface area (Å²) in [5.74, 6) is -1.54. The number of amides is 1. The first kappa shape index (κ1) is 71.5. The normalized spacial score (nSPS) is 13.7. The molecule has 2 atom stereocenters. The summed E-state index contributed by atoms with van der Waals surface area (Å²) in [5, 5.41) is 2.88. The van der Waals surface area contributed by atoms with Crippen LogP contribution in [0.2, 0.25) is 0 Å². The van der Waals surface area contributed by atoms with Crippen LogP contribution in [0.15, 0.2) is 24.3 Å². The van der Waals surface area contributed by atoms with E-state index in [2.05, 4.69) is 69.1 Å². The molecule has 14 nitrogen and oxygen atoms in total. The maximum absolute atomic E-state index is 13.2. The van der Waals surface area contributed by atoms with Gasteiger partial charge >= 0.3 is 30.0 Å². The summed E-state index contributed by atoms with van der Waals surface area (Å²) in [6, 6.07) is 0. The Bertz CT molecular complexity index is 1450. The fourth-order valence-electron chi connectivity index (χ4n) is 9.31. The minimum atomic E-state index is -0.608. The molecule has 0 aromatic rings. The number of carbonyl (C=O) groups excluding carboxylic acids is 5. The number of likely N-dealkylation sites (tertiary alicyclic amines) is 1. The number of allylic oxidation sites excluding steroid dienone is 4. The highest BCUT2D eigenvalue weighted by Gasteiger charge is 2.22. The van der Waals surface area contributed by atoms with Gasteiger partial charge in [-0.2, -0.15) is 0 Å².